The van der Waals surface area contributed by atoms with Gasteiger partial charge in [0.15, 0.2) is 0 Å². The first kappa shape index (κ1) is 14.5. The van der Waals surface area contributed by atoms with Crippen LogP contribution in [0.2, 0.25) is 0 Å². The van der Waals surface area contributed by atoms with E-state index >= 15 is 0 Å². The van der Waals surface area contributed by atoms with E-state index in [9.17, 15) is 0 Å². The zero-order valence-corrected chi connectivity index (χ0v) is 12.9. The minimum absolute atomic E-state index is 0.239. The number of ether oxygens (including phenoxy) is 2. The lowest BCUT2D eigenvalue weighted by atomic mass is 10.2. The van der Waals surface area contributed by atoms with Crippen molar-refractivity contribution in [1.29, 1.82) is 0 Å². The highest BCUT2D eigenvalue weighted by atomic mass is 16.5. The normalized spacial score (nSPS) is 23.0. The molecule has 116 valence electrons. The predicted octanol–water partition coefficient (Wildman–Crippen LogP) is 1.03. The summed E-state index contributed by atoms with van der Waals surface area (Å²) in [5, 5.41) is 0. The first-order valence-corrected chi connectivity index (χ1v) is 7.65. The van der Waals surface area contributed by atoms with Crippen molar-refractivity contribution in [1.82, 2.24) is 14.9 Å². The zero-order valence-electron chi connectivity index (χ0n) is 12.9. The third-order valence-corrected chi connectivity index (χ3v) is 4.10. The fourth-order valence-corrected chi connectivity index (χ4v) is 2.71. The van der Waals surface area contributed by atoms with Crippen LogP contribution in [0.15, 0.2) is 12.4 Å². The lowest BCUT2D eigenvalue weighted by Gasteiger charge is -2.34. The zero-order chi connectivity index (χ0) is 14.7. The molecule has 1 atom stereocenters. The molecule has 1 aliphatic carbocycles. The molecular formula is C15H24N4O2. The highest BCUT2D eigenvalue weighted by Crippen LogP contribution is 2.31. The van der Waals surface area contributed by atoms with Crippen molar-refractivity contribution in [3.05, 3.63) is 12.4 Å². The van der Waals surface area contributed by atoms with Gasteiger partial charge in [0.25, 0.3) is 0 Å². The number of methoxy groups -OCH3 is 1. The van der Waals surface area contributed by atoms with E-state index in [2.05, 4.69) is 26.8 Å². The molecule has 1 saturated heterocycles. The topological polar surface area (TPSA) is 50.7 Å². The van der Waals surface area contributed by atoms with E-state index < -0.39 is 0 Å². The fourth-order valence-electron chi connectivity index (χ4n) is 2.71. The molecule has 1 aliphatic heterocycles. The summed E-state index contributed by atoms with van der Waals surface area (Å²) in [5.41, 5.74) is 0. The van der Waals surface area contributed by atoms with Crippen LogP contribution in [0.5, 0.6) is 5.88 Å². The lowest BCUT2D eigenvalue weighted by molar-refractivity contribution is -0.0149. The number of anilines is 1. The van der Waals surface area contributed by atoms with Gasteiger partial charge in [-0.2, -0.15) is 0 Å². The van der Waals surface area contributed by atoms with Gasteiger partial charge >= 0.3 is 0 Å². The molecule has 1 aromatic rings. The summed E-state index contributed by atoms with van der Waals surface area (Å²) >= 11 is 0. The van der Waals surface area contributed by atoms with E-state index in [1.807, 2.05) is 6.07 Å². The largest absolute Gasteiger partial charge is 0.481 e. The van der Waals surface area contributed by atoms with Crippen molar-refractivity contribution in [2.75, 3.05) is 51.8 Å². The predicted molar refractivity (Wildman–Crippen MR) is 80.8 cm³/mol. The summed E-state index contributed by atoms with van der Waals surface area (Å²) < 4.78 is 11.1. The van der Waals surface area contributed by atoms with E-state index in [-0.39, 0.29) is 6.10 Å². The maximum atomic E-state index is 5.90. The highest BCUT2D eigenvalue weighted by molar-refractivity contribution is 5.41. The summed E-state index contributed by atoms with van der Waals surface area (Å²) in [6.45, 7) is 4.72. The van der Waals surface area contributed by atoms with Crippen LogP contribution in [0.25, 0.3) is 0 Å². The van der Waals surface area contributed by atoms with Crippen molar-refractivity contribution in [3.8, 4) is 5.88 Å². The van der Waals surface area contributed by atoms with E-state index in [1.54, 1.807) is 13.4 Å². The second-order valence-corrected chi connectivity index (χ2v) is 6.02. The minimum atomic E-state index is 0.239. The standard InChI is InChI=1S/C15H24N4O2/c1-18-5-6-21-13(9-18)10-19(8-12-3-4-12)14-7-15(20-2)17-11-16-14/h7,11-13H,3-6,8-10H2,1-2H3. The molecule has 1 unspecified atom stereocenters. The van der Waals surface area contributed by atoms with Crippen molar-refractivity contribution in [2.45, 2.75) is 18.9 Å². The number of rotatable bonds is 6. The van der Waals surface area contributed by atoms with Gasteiger partial charge in [0.2, 0.25) is 5.88 Å². The van der Waals surface area contributed by atoms with Gasteiger partial charge < -0.3 is 19.3 Å². The first-order valence-electron chi connectivity index (χ1n) is 7.65. The Morgan fingerprint density at radius 1 is 1.38 bits per heavy atom. The molecule has 2 heterocycles. The van der Waals surface area contributed by atoms with Gasteiger partial charge in [0.05, 0.1) is 19.8 Å². The lowest BCUT2D eigenvalue weighted by Crippen LogP contribution is -2.46. The average molecular weight is 292 g/mol. The van der Waals surface area contributed by atoms with Crippen molar-refractivity contribution in [2.24, 2.45) is 5.92 Å². The van der Waals surface area contributed by atoms with Gasteiger partial charge in [-0.15, -0.1) is 0 Å². The number of likely N-dealkylation sites (N-methyl/N-ethyl adjacent to an activating group) is 1. The number of hydrogen-bond acceptors (Lipinski definition) is 6. The Labute approximate surface area is 126 Å². The van der Waals surface area contributed by atoms with Crippen molar-refractivity contribution >= 4 is 5.82 Å². The Kier molecular flexibility index (Phi) is 4.55. The number of nitrogens with zero attached hydrogens (tertiary/aromatic N) is 4. The molecular weight excluding hydrogens is 268 g/mol. The third-order valence-electron chi connectivity index (χ3n) is 4.10. The second-order valence-electron chi connectivity index (χ2n) is 6.02. The van der Waals surface area contributed by atoms with Crippen LogP contribution in [-0.2, 0) is 4.74 Å². The summed E-state index contributed by atoms with van der Waals surface area (Å²) in [6, 6.07) is 1.91. The first-order chi connectivity index (χ1) is 10.2. The minimum Gasteiger partial charge on any atom is -0.481 e. The van der Waals surface area contributed by atoms with Crippen LogP contribution >= 0.6 is 0 Å². The molecule has 2 fully saturated rings. The summed E-state index contributed by atoms with van der Waals surface area (Å²) in [6.07, 6.45) is 4.46. The third kappa shape index (κ3) is 4.04. The Balaban J connectivity index is 1.70. The summed E-state index contributed by atoms with van der Waals surface area (Å²) in [5.74, 6) is 2.35. The van der Waals surface area contributed by atoms with Gasteiger partial charge in [-0.25, -0.2) is 9.97 Å². The Morgan fingerprint density at radius 2 is 2.24 bits per heavy atom. The molecule has 2 aliphatic rings. The number of hydrogen-bond donors (Lipinski definition) is 0. The van der Waals surface area contributed by atoms with Crippen LogP contribution < -0.4 is 9.64 Å². The van der Waals surface area contributed by atoms with Crippen molar-refractivity contribution < 1.29 is 9.47 Å². The number of aromatic nitrogens is 2. The maximum absolute atomic E-state index is 5.90. The van der Waals surface area contributed by atoms with Gasteiger partial charge in [-0.3, -0.25) is 0 Å². The van der Waals surface area contributed by atoms with Crippen LogP contribution in [0.1, 0.15) is 12.8 Å². The quantitative estimate of drug-likeness (QED) is 0.780. The fraction of sp³-hybridized carbons (Fsp3) is 0.733. The second kappa shape index (κ2) is 6.58. The molecule has 0 spiro atoms. The van der Waals surface area contributed by atoms with E-state index in [0.717, 1.165) is 44.5 Å². The smallest absolute Gasteiger partial charge is 0.218 e. The summed E-state index contributed by atoms with van der Waals surface area (Å²) in [7, 11) is 3.78. The molecule has 3 rings (SSSR count). The number of morpholine rings is 1. The molecule has 0 radical (unpaired) electrons. The highest BCUT2D eigenvalue weighted by Gasteiger charge is 2.28. The van der Waals surface area contributed by atoms with Crippen LogP contribution in [-0.4, -0.2) is 67.9 Å². The Morgan fingerprint density at radius 3 is 2.95 bits per heavy atom. The molecule has 21 heavy (non-hydrogen) atoms. The van der Waals surface area contributed by atoms with E-state index in [0.29, 0.717) is 5.88 Å². The SMILES string of the molecule is COc1cc(N(CC2CC2)CC2CN(C)CCO2)ncn1. The van der Waals surface area contributed by atoms with Crippen molar-refractivity contribution in [3.63, 3.8) is 0 Å². The maximum Gasteiger partial charge on any atom is 0.218 e. The molecule has 6 nitrogen and oxygen atoms in total. The average Bonchev–Trinajstić information content (AvgIpc) is 3.31. The van der Waals surface area contributed by atoms with Crippen LogP contribution in [0.3, 0.4) is 0 Å². The van der Waals surface area contributed by atoms with Crippen LogP contribution in [0, 0.1) is 5.92 Å². The summed E-state index contributed by atoms with van der Waals surface area (Å²) in [4.78, 5) is 13.2. The van der Waals surface area contributed by atoms with Gasteiger partial charge in [-0.05, 0) is 25.8 Å². The molecule has 0 N–H and O–H groups in total. The Hall–Kier alpha value is -1.40. The molecule has 1 aromatic heterocycles. The van der Waals surface area contributed by atoms with E-state index in [4.69, 9.17) is 9.47 Å². The van der Waals surface area contributed by atoms with Gasteiger partial charge in [0.1, 0.15) is 12.1 Å². The van der Waals surface area contributed by atoms with Gasteiger partial charge in [0, 0.05) is 32.2 Å². The Bertz CT molecular complexity index is 467. The molecule has 0 amide bonds. The monoisotopic (exact) mass is 292 g/mol. The molecule has 1 saturated carbocycles. The van der Waals surface area contributed by atoms with E-state index in [1.165, 1.54) is 12.8 Å². The molecule has 6 heteroatoms. The van der Waals surface area contributed by atoms with Crippen LogP contribution in [0.4, 0.5) is 5.82 Å². The molecule has 0 bridgehead atoms. The molecule has 0 aromatic carbocycles. The van der Waals surface area contributed by atoms with Gasteiger partial charge in [-0.1, -0.05) is 0 Å².